The maximum absolute atomic E-state index is 12.5. The molecule has 0 saturated heterocycles. The monoisotopic (exact) mass is 408 g/mol. The molecule has 2 heterocycles. The molecule has 142 valence electrons. The molecule has 0 spiro atoms. The number of amides is 1. The molecule has 0 saturated carbocycles. The van der Waals surface area contributed by atoms with Crippen molar-refractivity contribution in [3.63, 3.8) is 0 Å². The van der Waals surface area contributed by atoms with Crippen LogP contribution < -0.4 is 5.32 Å². The molecule has 1 N–H and O–H groups in total. The highest BCUT2D eigenvalue weighted by Gasteiger charge is 2.15. The van der Waals surface area contributed by atoms with Gasteiger partial charge in [-0.3, -0.25) is 4.79 Å². The summed E-state index contributed by atoms with van der Waals surface area (Å²) in [5.74, 6) is 0.916. The van der Waals surface area contributed by atoms with Crippen LogP contribution in [0.4, 0.5) is 5.82 Å². The Kier molecular flexibility index (Phi) is 5.19. The molecule has 0 fully saturated rings. The Morgan fingerprint density at radius 3 is 2.71 bits per heavy atom. The second-order valence-corrected chi connectivity index (χ2v) is 8.72. The average Bonchev–Trinajstić information content (AvgIpc) is 3.24. The van der Waals surface area contributed by atoms with Gasteiger partial charge in [-0.2, -0.15) is 9.78 Å². The number of aromatic nitrogens is 3. The van der Waals surface area contributed by atoms with Crippen LogP contribution in [0.25, 0.3) is 15.3 Å². The molecule has 7 heteroatoms. The van der Waals surface area contributed by atoms with Gasteiger partial charge in [0, 0.05) is 11.0 Å². The lowest BCUT2D eigenvalue weighted by Crippen LogP contribution is -2.16. The number of rotatable bonds is 5. The average molecular weight is 409 g/mol. The molecule has 4 aromatic rings. The standard InChI is InChI=1S/C21H20N4OS2/c1-13-9-14(2)20-17(10-13)28-21(23-20)25-18(11-15(3)24-25)22-19(26)12-27-16-7-5-4-6-8-16/h4-11H,12H2,1-3H3,(H,22,26). The van der Waals surface area contributed by atoms with E-state index in [1.165, 1.54) is 17.3 Å². The van der Waals surface area contributed by atoms with Gasteiger partial charge in [0.2, 0.25) is 11.0 Å². The van der Waals surface area contributed by atoms with Gasteiger partial charge < -0.3 is 5.32 Å². The molecular weight excluding hydrogens is 388 g/mol. The fraction of sp³-hybridized carbons (Fsp3) is 0.190. The zero-order valence-corrected chi connectivity index (χ0v) is 17.5. The van der Waals surface area contributed by atoms with Gasteiger partial charge in [0.25, 0.3) is 0 Å². The summed E-state index contributed by atoms with van der Waals surface area (Å²) < 4.78 is 2.84. The Balaban J connectivity index is 1.57. The predicted octanol–water partition coefficient (Wildman–Crippen LogP) is 5.14. The maximum Gasteiger partial charge on any atom is 0.235 e. The van der Waals surface area contributed by atoms with E-state index < -0.39 is 0 Å². The van der Waals surface area contributed by atoms with Crippen molar-refractivity contribution in [2.75, 3.05) is 11.1 Å². The van der Waals surface area contributed by atoms with Gasteiger partial charge in [0.15, 0.2) is 0 Å². The van der Waals surface area contributed by atoms with Crippen molar-refractivity contribution in [2.24, 2.45) is 0 Å². The first-order valence-corrected chi connectivity index (χ1v) is 10.7. The van der Waals surface area contributed by atoms with Crippen LogP contribution in [-0.4, -0.2) is 26.4 Å². The summed E-state index contributed by atoms with van der Waals surface area (Å²) in [7, 11) is 0. The Morgan fingerprint density at radius 1 is 1.14 bits per heavy atom. The van der Waals surface area contributed by atoms with Crippen molar-refractivity contribution in [1.82, 2.24) is 14.8 Å². The maximum atomic E-state index is 12.5. The highest BCUT2D eigenvalue weighted by atomic mass is 32.2. The third-order valence-electron chi connectivity index (χ3n) is 4.21. The highest BCUT2D eigenvalue weighted by Crippen LogP contribution is 2.30. The third-order valence-corrected chi connectivity index (χ3v) is 6.20. The van der Waals surface area contributed by atoms with Crippen LogP contribution >= 0.6 is 23.1 Å². The van der Waals surface area contributed by atoms with Gasteiger partial charge in [-0.05, 0) is 50.1 Å². The van der Waals surface area contributed by atoms with E-state index in [9.17, 15) is 4.79 Å². The number of carbonyl (C=O) groups excluding carboxylic acids is 1. The van der Waals surface area contributed by atoms with E-state index in [0.717, 1.165) is 31.5 Å². The molecule has 0 radical (unpaired) electrons. The third kappa shape index (κ3) is 3.95. The van der Waals surface area contributed by atoms with Crippen molar-refractivity contribution in [3.05, 3.63) is 65.4 Å². The van der Waals surface area contributed by atoms with Crippen molar-refractivity contribution >= 4 is 45.0 Å². The lowest BCUT2D eigenvalue weighted by molar-refractivity contribution is -0.113. The molecule has 28 heavy (non-hydrogen) atoms. The molecule has 0 aliphatic heterocycles. The summed E-state index contributed by atoms with van der Waals surface area (Å²) in [4.78, 5) is 18.3. The topological polar surface area (TPSA) is 59.8 Å². The number of carbonyl (C=O) groups is 1. The van der Waals surface area contributed by atoms with Crippen LogP contribution in [0, 0.1) is 20.8 Å². The smallest absolute Gasteiger partial charge is 0.235 e. The predicted molar refractivity (Wildman–Crippen MR) is 117 cm³/mol. The number of aryl methyl sites for hydroxylation is 3. The summed E-state index contributed by atoms with van der Waals surface area (Å²) in [6.45, 7) is 6.06. The number of thiazole rings is 1. The van der Waals surface area contributed by atoms with Crippen LogP contribution in [0.3, 0.4) is 0 Å². The number of nitrogens with zero attached hydrogens (tertiary/aromatic N) is 3. The Labute approximate surface area is 171 Å². The first-order valence-electron chi connectivity index (χ1n) is 8.92. The molecule has 1 amide bonds. The SMILES string of the molecule is Cc1cc(C)c2nc(-n3nc(C)cc3NC(=O)CSc3ccccc3)sc2c1. The normalized spacial score (nSPS) is 11.1. The summed E-state index contributed by atoms with van der Waals surface area (Å²) in [6.07, 6.45) is 0. The van der Waals surface area contributed by atoms with Gasteiger partial charge in [-0.15, -0.1) is 11.8 Å². The van der Waals surface area contributed by atoms with Gasteiger partial charge in [0.05, 0.1) is 21.7 Å². The fourth-order valence-electron chi connectivity index (χ4n) is 3.03. The summed E-state index contributed by atoms with van der Waals surface area (Å²) in [5.41, 5.74) is 4.17. The van der Waals surface area contributed by atoms with Crippen molar-refractivity contribution < 1.29 is 4.79 Å². The zero-order chi connectivity index (χ0) is 19.7. The number of hydrogen-bond acceptors (Lipinski definition) is 5. The molecule has 4 rings (SSSR count). The van der Waals surface area contributed by atoms with E-state index in [2.05, 4.69) is 36.4 Å². The van der Waals surface area contributed by atoms with E-state index in [1.54, 1.807) is 16.0 Å². The van der Waals surface area contributed by atoms with Crippen LogP contribution in [0.1, 0.15) is 16.8 Å². The summed E-state index contributed by atoms with van der Waals surface area (Å²) in [6, 6.07) is 16.0. The number of thioether (sulfide) groups is 1. The number of anilines is 1. The summed E-state index contributed by atoms with van der Waals surface area (Å²) >= 11 is 3.09. The number of benzene rings is 2. The molecule has 0 atom stereocenters. The summed E-state index contributed by atoms with van der Waals surface area (Å²) in [5, 5.41) is 8.27. The molecule has 5 nitrogen and oxygen atoms in total. The molecule has 2 aromatic heterocycles. The number of nitrogens with one attached hydrogen (secondary N) is 1. The highest BCUT2D eigenvalue weighted by molar-refractivity contribution is 8.00. The van der Waals surface area contributed by atoms with Crippen LogP contribution in [0.5, 0.6) is 0 Å². The first-order chi connectivity index (χ1) is 13.5. The molecule has 0 aliphatic carbocycles. The van der Waals surface area contributed by atoms with Crippen LogP contribution in [0.2, 0.25) is 0 Å². The van der Waals surface area contributed by atoms with E-state index in [0.29, 0.717) is 11.6 Å². The second kappa shape index (κ2) is 7.77. The van der Waals surface area contributed by atoms with Crippen molar-refractivity contribution in [3.8, 4) is 5.13 Å². The Morgan fingerprint density at radius 2 is 1.93 bits per heavy atom. The first kappa shape index (κ1) is 18.7. The van der Waals surface area contributed by atoms with Crippen LogP contribution in [0.15, 0.2) is 53.4 Å². The minimum Gasteiger partial charge on any atom is -0.310 e. The lowest BCUT2D eigenvalue weighted by atomic mass is 10.1. The second-order valence-electron chi connectivity index (χ2n) is 6.66. The van der Waals surface area contributed by atoms with Gasteiger partial charge >= 0.3 is 0 Å². The Hall–Kier alpha value is -2.64. The number of hydrogen-bond donors (Lipinski definition) is 1. The van der Waals surface area contributed by atoms with Crippen molar-refractivity contribution in [2.45, 2.75) is 25.7 Å². The Bertz CT molecular complexity index is 1150. The van der Waals surface area contributed by atoms with E-state index in [-0.39, 0.29) is 5.91 Å². The minimum absolute atomic E-state index is 0.0665. The van der Waals surface area contributed by atoms with E-state index in [4.69, 9.17) is 4.98 Å². The van der Waals surface area contributed by atoms with E-state index >= 15 is 0 Å². The van der Waals surface area contributed by atoms with Gasteiger partial charge in [-0.25, -0.2) is 4.98 Å². The lowest BCUT2D eigenvalue weighted by Gasteiger charge is -2.06. The van der Waals surface area contributed by atoms with E-state index in [1.807, 2.05) is 43.3 Å². The zero-order valence-electron chi connectivity index (χ0n) is 15.9. The molecule has 0 aliphatic rings. The van der Waals surface area contributed by atoms with Gasteiger partial charge in [-0.1, -0.05) is 35.6 Å². The molecular formula is C21H20N4OS2. The minimum atomic E-state index is -0.0665. The fourth-order valence-corrected chi connectivity index (χ4v) is 4.86. The molecule has 0 bridgehead atoms. The molecule has 0 unspecified atom stereocenters. The largest absolute Gasteiger partial charge is 0.310 e. The molecule has 2 aromatic carbocycles. The van der Waals surface area contributed by atoms with Gasteiger partial charge in [0.1, 0.15) is 5.82 Å². The number of fused-ring (bicyclic) bond motifs is 1. The van der Waals surface area contributed by atoms with Crippen LogP contribution in [-0.2, 0) is 4.79 Å². The van der Waals surface area contributed by atoms with Crippen molar-refractivity contribution in [1.29, 1.82) is 0 Å². The quantitative estimate of drug-likeness (QED) is 0.465.